The van der Waals surface area contributed by atoms with Crippen molar-refractivity contribution < 1.29 is 24.2 Å². The fourth-order valence-corrected chi connectivity index (χ4v) is 4.35. The van der Waals surface area contributed by atoms with Crippen LogP contribution in [-0.2, 0) is 14.3 Å². The number of phenols is 1. The number of para-hydroxylation sites is 1. The third-order valence-electron chi connectivity index (χ3n) is 5.81. The van der Waals surface area contributed by atoms with Crippen LogP contribution < -0.4 is 10.6 Å². The maximum Gasteiger partial charge on any atom is 0.408 e. The Balaban J connectivity index is 2.50. The van der Waals surface area contributed by atoms with Crippen LogP contribution in [0.3, 0.4) is 0 Å². The lowest BCUT2D eigenvalue weighted by Gasteiger charge is -2.34. The topological polar surface area (TPSA) is 108 Å². The first-order chi connectivity index (χ1) is 18.0. The molecule has 8 nitrogen and oxygen atoms in total. The van der Waals surface area contributed by atoms with E-state index >= 15 is 0 Å². The predicted octanol–water partition coefficient (Wildman–Crippen LogP) is 5.66. The fraction of sp³-hybridized carbons (Fsp3) is 0.483. The van der Waals surface area contributed by atoms with Gasteiger partial charge in [0.2, 0.25) is 5.91 Å². The number of alkyl carbamates (subject to hydrolysis) is 1. The first kappa shape index (κ1) is 31.0. The number of unbranched alkanes of at least 4 members (excludes halogenated alkanes) is 1. The standard InChI is InChI=1S/C29H41N3O5S/c1-7-8-18-32(27(35)24(17-19-38-6)31-28(36)37-29(3,4)5)25(21-13-15-22(33)16-14-21)26(34)30-23-12-10-9-11-20(23)2/h9-16,24-25,33H,7-8,17-19H2,1-6H3,(H,30,34)(H,31,36). The highest BCUT2D eigenvalue weighted by molar-refractivity contribution is 7.98. The van der Waals surface area contributed by atoms with Crippen LogP contribution in [0.1, 0.15) is 64.1 Å². The molecule has 2 aromatic rings. The van der Waals surface area contributed by atoms with Crippen LogP contribution in [0, 0.1) is 6.92 Å². The van der Waals surface area contributed by atoms with Crippen molar-refractivity contribution in [1.82, 2.24) is 10.2 Å². The molecule has 0 saturated carbocycles. The van der Waals surface area contributed by atoms with Gasteiger partial charge in [-0.3, -0.25) is 9.59 Å². The number of aryl methyl sites for hydroxylation is 1. The summed E-state index contributed by atoms with van der Waals surface area (Å²) < 4.78 is 5.42. The third-order valence-corrected chi connectivity index (χ3v) is 6.45. The summed E-state index contributed by atoms with van der Waals surface area (Å²) in [5.74, 6) is -0.0537. The number of thioether (sulfide) groups is 1. The maximum atomic E-state index is 14.1. The van der Waals surface area contributed by atoms with Gasteiger partial charge in [-0.05, 0) is 81.9 Å². The van der Waals surface area contributed by atoms with Crippen molar-refractivity contribution in [3.8, 4) is 5.75 Å². The number of amides is 3. The summed E-state index contributed by atoms with van der Waals surface area (Å²) in [6.07, 6.45) is 3.10. The van der Waals surface area contributed by atoms with Gasteiger partial charge in [0.25, 0.3) is 5.91 Å². The smallest absolute Gasteiger partial charge is 0.408 e. The summed E-state index contributed by atoms with van der Waals surface area (Å²) in [4.78, 5) is 42.1. The zero-order valence-corrected chi connectivity index (χ0v) is 24.1. The summed E-state index contributed by atoms with van der Waals surface area (Å²) in [6, 6.07) is 11.8. The number of carbonyl (C=O) groups excluding carboxylic acids is 3. The summed E-state index contributed by atoms with van der Waals surface area (Å²) in [5.41, 5.74) is 1.37. The molecule has 208 valence electrons. The highest BCUT2D eigenvalue weighted by Crippen LogP contribution is 2.27. The van der Waals surface area contributed by atoms with Crippen LogP contribution >= 0.6 is 11.8 Å². The molecule has 2 unspecified atom stereocenters. The van der Waals surface area contributed by atoms with Gasteiger partial charge in [0, 0.05) is 12.2 Å². The largest absolute Gasteiger partial charge is 0.508 e. The molecule has 0 aliphatic carbocycles. The van der Waals surface area contributed by atoms with Crippen LogP contribution in [0.25, 0.3) is 0 Å². The van der Waals surface area contributed by atoms with Gasteiger partial charge in [0.05, 0.1) is 0 Å². The van der Waals surface area contributed by atoms with Gasteiger partial charge < -0.3 is 25.4 Å². The van der Waals surface area contributed by atoms with Gasteiger partial charge in [-0.25, -0.2) is 4.79 Å². The third kappa shape index (κ3) is 9.59. The van der Waals surface area contributed by atoms with Crippen molar-refractivity contribution >= 4 is 35.4 Å². The predicted molar refractivity (Wildman–Crippen MR) is 153 cm³/mol. The van der Waals surface area contributed by atoms with E-state index in [4.69, 9.17) is 4.74 Å². The second-order valence-corrected chi connectivity index (χ2v) is 11.1. The van der Waals surface area contributed by atoms with E-state index in [2.05, 4.69) is 10.6 Å². The molecule has 0 aliphatic rings. The van der Waals surface area contributed by atoms with Crippen molar-refractivity contribution in [2.45, 2.75) is 71.6 Å². The molecule has 0 radical (unpaired) electrons. The lowest BCUT2D eigenvalue weighted by molar-refractivity contribution is -0.141. The highest BCUT2D eigenvalue weighted by atomic mass is 32.2. The van der Waals surface area contributed by atoms with Crippen LogP contribution in [0.5, 0.6) is 5.75 Å². The molecule has 3 amide bonds. The average molecular weight is 544 g/mol. The van der Waals surface area contributed by atoms with Gasteiger partial charge in [-0.15, -0.1) is 0 Å². The Morgan fingerprint density at radius 3 is 2.32 bits per heavy atom. The molecular weight excluding hydrogens is 502 g/mol. The van der Waals surface area contributed by atoms with Crippen LogP contribution in [0.2, 0.25) is 0 Å². The Bertz CT molecular complexity index is 1070. The molecule has 3 N–H and O–H groups in total. The maximum absolute atomic E-state index is 14.1. The molecule has 0 saturated heterocycles. The van der Waals surface area contributed by atoms with E-state index in [-0.39, 0.29) is 17.6 Å². The number of anilines is 1. The van der Waals surface area contributed by atoms with E-state index in [1.165, 1.54) is 17.0 Å². The van der Waals surface area contributed by atoms with Crippen molar-refractivity contribution in [2.75, 3.05) is 23.9 Å². The number of nitrogens with one attached hydrogen (secondary N) is 2. The molecular formula is C29H41N3O5S. The minimum atomic E-state index is -0.980. The van der Waals surface area contributed by atoms with Gasteiger partial charge in [0.1, 0.15) is 23.4 Å². The summed E-state index contributed by atoms with van der Waals surface area (Å²) >= 11 is 1.56. The number of hydrogen-bond acceptors (Lipinski definition) is 6. The zero-order valence-electron chi connectivity index (χ0n) is 23.2. The molecule has 0 aromatic heterocycles. The quantitative estimate of drug-likeness (QED) is 0.319. The highest BCUT2D eigenvalue weighted by Gasteiger charge is 2.36. The summed E-state index contributed by atoms with van der Waals surface area (Å²) in [7, 11) is 0. The zero-order chi connectivity index (χ0) is 28.3. The molecule has 2 aromatic carbocycles. The molecule has 0 bridgehead atoms. The number of nitrogens with zero attached hydrogens (tertiary/aromatic N) is 1. The van der Waals surface area contributed by atoms with Crippen molar-refractivity contribution in [1.29, 1.82) is 0 Å². The van der Waals surface area contributed by atoms with E-state index in [9.17, 15) is 19.5 Å². The number of rotatable bonds is 12. The van der Waals surface area contributed by atoms with Crippen molar-refractivity contribution in [2.24, 2.45) is 0 Å². The molecule has 38 heavy (non-hydrogen) atoms. The van der Waals surface area contributed by atoms with E-state index in [1.807, 2.05) is 44.4 Å². The van der Waals surface area contributed by atoms with Crippen molar-refractivity contribution in [3.05, 3.63) is 59.7 Å². The summed E-state index contributed by atoms with van der Waals surface area (Å²) in [5, 5.41) is 15.6. The number of phenolic OH excluding ortho intramolecular Hbond substituents is 1. The Kier molecular flexibility index (Phi) is 12.0. The van der Waals surface area contributed by atoms with Gasteiger partial charge >= 0.3 is 6.09 Å². The minimum absolute atomic E-state index is 0.0580. The Hall–Kier alpha value is -3.20. The first-order valence-corrected chi connectivity index (χ1v) is 14.3. The first-order valence-electron chi connectivity index (χ1n) is 12.9. The normalized spacial score (nSPS) is 12.8. The number of hydrogen-bond donors (Lipinski definition) is 3. The lowest BCUT2D eigenvalue weighted by atomic mass is 10.0. The van der Waals surface area contributed by atoms with Gasteiger partial charge in [0.15, 0.2) is 0 Å². The molecule has 2 atom stereocenters. The fourth-order valence-electron chi connectivity index (χ4n) is 3.88. The summed E-state index contributed by atoms with van der Waals surface area (Å²) in [6.45, 7) is 9.50. The number of carbonyl (C=O) groups is 3. The molecule has 0 fully saturated rings. The Morgan fingerprint density at radius 2 is 1.74 bits per heavy atom. The van der Waals surface area contributed by atoms with E-state index < -0.39 is 23.8 Å². The van der Waals surface area contributed by atoms with Crippen LogP contribution in [-0.4, -0.2) is 58.1 Å². The number of aromatic hydroxyl groups is 1. The molecule has 9 heteroatoms. The molecule has 0 spiro atoms. The Labute approximate surface area is 230 Å². The van der Waals surface area contributed by atoms with Crippen molar-refractivity contribution in [3.63, 3.8) is 0 Å². The molecule has 0 aliphatic heterocycles. The van der Waals surface area contributed by atoms with E-state index in [1.54, 1.807) is 44.7 Å². The lowest BCUT2D eigenvalue weighted by Crippen LogP contribution is -2.52. The number of benzene rings is 2. The number of ether oxygens (including phenoxy) is 1. The van der Waals surface area contributed by atoms with Crippen LogP contribution in [0.15, 0.2) is 48.5 Å². The van der Waals surface area contributed by atoms with Gasteiger partial charge in [-0.1, -0.05) is 43.7 Å². The van der Waals surface area contributed by atoms with E-state index in [0.717, 1.165) is 12.0 Å². The minimum Gasteiger partial charge on any atom is -0.508 e. The SMILES string of the molecule is CCCCN(C(=O)C(CCSC)NC(=O)OC(C)(C)C)C(C(=O)Nc1ccccc1C)c1ccc(O)cc1. The average Bonchev–Trinajstić information content (AvgIpc) is 2.85. The van der Waals surface area contributed by atoms with Gasteiger partial charge in [-0.2, -0.15) is 11.8 Å². The second-order valence-electron chi connectivity index (χ2n) is 10.2. The molecule has 0 heterocycles. The van der Waals surface area contributed by atoms with Crippen LogP contribution in [0.4, 0.5) is 10.5 Å². The monoisotopic (exact) mass is 543 g/mol. The Morgan fingerprint density at radius 1 is 1.08 bits per heavy atom. The van der Waals surface area contributed by atoms with E-state index in [0.29, 0.717) is 36.4 Å². The second kappa shape index (κ2) is 14.7. The molecule has 2 rings (SSSR count).